The Morgan fingerprint density at radius 1 is 1.46 bits per heavy atom. The van der Waals surface area contributed by atoms with Crippen molar-refractivity contribution in [1.82, 2.24) is 4.98 Å². The van der Waals surface area contributed by atoms with Crippen molar-refractivity contribution < 1.29 is 0 Å². The first-order valence-corrected chi connectivity index (χ1v) is 5.16. The molecule has 1 rings (SSSR count). The van der Waals surface area contributed by atoms with Crippen LogP contribution in [0.5, 0.6) is 0 Å². The van der Waals surface area contributed by atoms with Crippen LogP contribution >= 0.6 is 15.9 Å². The van der Waals surface area contributed by atoms with Crippen LogP contribution < -0.4 is 5.73 Å². The van der Waals surface area contributed by atoms with Crippen LogP contribution in [0.3, 0.4) is 0 Å². The van der Waals surface area contributed by atoms with E-state index in [4.69, 9.17) is 5.73 Å². The molecule has 0 unspecified atom stereocenters. The molecule has 0 spiro atoms. The molecule has 3 heteroatoms. The summed E-state index contributed by atoms with van der Waals surface area (Å²) >= 11 is 3.35. The van der Waals surface area contributed by atoms with Crippen LogP contribution in [0.15, 0.2) is 22.8 Å². The molecule has 0 amide bonds. The van der Waals surface area contributed by atoms with Gasteiger partial charge in [0.15, 0.2) is 0 Å². The summed E-state index contributed by atoms with van der Waals surface area (Å²) < 4.78 is 1.02. The van der Waals surface area contributed by atoms with Gasteiger partial charge in [0.25, 0.3) is 0 Å². The Labute approximate surface area is 87.7 Å². The monoisotopic (exact) mass is 242 g/mol. The number of aromatic nitrogens is 1. The predicted octanol–water partition coefficient (Wildman–Crippen LogP) is 2.51. The molecule has 0 fully saturated rings. The molecule has 0 saturated heterocycles. The number of hydrogen-bond donors (Lipinski definition) is 1. The Balaban J connectivity index is 2.51. The number of hydrogen-bond acceptors (Lipinski definition) is 2. The number of nitrogens with zero attached hydrogens (tertiary/aromatic N) is 1. The summed E-state index contributed by atoms with van der Waals surface area (Å²) in [5, 5.41) is 0. The smallest absolute Gasteiger partial charge is 0.0413 e. The highest BCUT2D eigenvalue weighted by Gasteiger charge is 2.10. The highest BCUT2D eigenvalue weighted by molar-refractivity contribution is 9.10. The first-order chi connectivity index (χ1) is 5.97. The zero-order valence-electron chi connectivity index (χ0n) is 8.05. The van der Waals surface area contributed by atoms with Crippen molar-refractivity contribution in [2.75, 3.05) is 0 Å². The van der Waals surface area contributed by atoms with Gasteiger partial charge >= 0.3 is 0 Å². The molecule has 13 heavy (non-hydrogen) atoms. The minimum atomic E-state index is -0.102. The Morgan fingerprint density at radius 3 is 2.62 bits per heavy atom. The molecule has 2 nitrogen and oxygen atoms in total. The fraction of sp³-hybridized carbons (Fsp3) is 0.500. The Kier molecular flexibility index (Phi) is 3.45. The molecule has 72 valence electrons. The van der Waals surface area contributed by atoms with Crippen LogP contribution in [0, 0.1) is 0 Å². The molecule has 1 aromatic rings. The van der Waals surface area contributed by atoms with E-state index in [1.807, 2.05) is 32.2 Å². The Bertz CT molecular complexity index is 261. The molecule has 0 aliphatic carbocycles. The number of pyridine rings is 1. The number of halogens is 1. The van der Waals surface area contributed by atoms with E-state index in [1.165, 1.54) is 0 Å². The van der Waals surface area contributed by atoms with Gasteiger partial charge in [-0.3, -0.25) is 4.98 Å². The molecular formula is C10H15BrN2. The molecule has 2 N–H and O–H groups in total. The summed E-state index contributed by atoms with van der Waals surface area (Å²) in [4.78, 5) is 4.28. The highest BCUT2D eigenvalue weighted by atomic mass is 79.9. The number of aryl methyl sites for hydroxylation is 1. The molecular weight excluding hydrogens is 228 g/mol. The van der Waals surface area contributed by atoms with Gasteiger partial charge in [-0.25, -0.2) is 0 Å². The molecule has 0 atom stereocenters. The number of rotatable bonds is 3. The van der Waals surface area contributed by atoms with Crippen molar-refractivity contribution in [3.05, 3.63) is 28.5 Å². The van der Waals surface area contributed by atoms with E-state index in [1.54, 1.807) is 0 Å². The quantitative estimate of drug-likeness (QED) is 0.885. The lowest BCUT2D eigenvalue weighted by molar-refractivity contribution is 0.474. The zero-order chi connectivity index (χ0) is 9.90. The maximum atomic E-state index is 5.88. The van der Waals surface area contributed by atoms with Crippen molar-refractivity contribution >= 4 is 15.9 Å². The van der Waals surface area contributed by atoms with E-state index < -0.39 is 0 Å². The lowest BCUT2D eigenvalue weighted by Crippen LogP contribution is -2.32. The van der Waals surface area contributed by atoms with Gasteiger partial charge in [0.1, 0.15) is 0 Å². The fourth-order valence-corrected chi connectivity index (χ4v) is 1.24. The zero-order valence-corrected chi connectivity index (χ0v) is 9.63. The first-order valence-electron chi connectivity index (χ1n) is 4.37. The largest absolute Gasteiger partial charge is 0.326 e. The molecule has 0 saturated carbocycles. The van der Waals surface area contributed by atoms with E-state index in [9.17, 15) is 0 Å². The average molecular weight is 243 g/mol. The van der Waals surface area contributed by atoms with Gasteiger partial charge < -0.3 is 5.73 Å². The van der Waals surface area contributed by atoms with Crippen molar-refractivity contribution in [2.45, 2.75) is 32.2 Å². The van der Waals surface area contributed by atoms with Crippen LogP contribution in [0.25, 0.3) is 0 Å². The van der Waals surface area contributed by atoms with Crippen LogP contribution in [-0.2, 0) is 6.42 Å². The lowest BCUT2D eigenvalue weighted by Gasteiger charge is -2.17. The summed E-state index contributed by atoms with van der Waals surface area (Å²) in [7, 11) is 0. The summed E-state index contributed by atoms with van der Waals surface area (Å²) in [5.41, 5.74) is 6.87. The van der Waals surface area contributed by atoms with E-state index >= 15 is 0 Å². The maximum Gasteiger partial charge on any atom is 0.0413 e. The van der Waals surface area contributed by atoms with Crippen molar-refractivity contribution in [3.63, 3.8) is 0 Å². The highest BCUT2D eigenvalue weighted by Crippen LogP contribution is 2.11. The number of nitrogens with two attached hydrogens (primary N) is 1. The van der Waals surface area contributed by atoms with Crippen LogP contribution in [0.4, 0.5) is 0 Å². The average Bonchev–Trinajstić information content (AvgIpc) is 2.02. The van der Waals surface area contributed by atoms with Gasteiger partial charge in [-0.15, -0.1) is 0 Å². The second kappa shape index (κ2) is 4.20. The fourth-order valence-electron chi connectivity index (χ4n) is 1.00. The van der Waals surface area contributed by atoms with Crippen LogP contribution in [-0.4, -0.2) is 10.5 Å². The molecule has 0 aliphatic rings. The third-order valence-corrected chi connectivity index (χ3v) is 2.28. The standard InChI is InChI=1S/C10H15BrN2/c1-10(2,12)6-5-9-4-3-8(11)7-13-9/h3-4,7H,5-6,12H2,1-2H3. The van der Waals surface area contributed by atoms with E-state index in [0.717, 1.165) is 23.0 Å². The lowest BCUT2D eigenvalue weighted by atomic mass is 9.99. The van der Waals surface area contributed by atoms with Gasteiger partial charge in [0.2, 0.25) is 0 Å². The molecule has 0 bridgehead atoms. The van der Waals surface area contributed by atoms with Crippen LogP contribution in [0.1, 0.15) is 26.0 Å². The minimum Gasteiger partial charge on any atom is -0.326 e. The van der Waals surface area contributed by atoms with E-state index in [-0.39, 0.29) is 5.54 Å². The second-order valence-electron chi connectivity index (χ2n) is 3.96. The van der Waals surface area contributed by atoms with Gasteiger partial charge in [-0.1, -0.05) is 0 Å². The third-order valence-electron chi connectivity index (χ3n) is 1.81. The SMILES string of the molecule is CC(C)(N)CCc1ccc(Br)cn1. The molecule has 0 aromatic carbocycles. The Hall–Kier alpha value is -0.410. The van der Waals surface area contributed by atoms with Gasteiger partial charge in [-0.2, -0.15) is 0 Å². The summed E-state index contributed by atoms with van der Waals surface area (Å²) in [6, 6.07) is 4.03. The van der Waals surface area contributed by atoms with E-state index in [0.29, 0.717) is 0 Å². The van der Waals surface area contributed by atoms with E-state index in [2.05, 4.69) is 20.9 Å². The molecule has 1 aromatic heterocycles. The van der Waals surface area contributed by atoms with Crippen molar-refractivity contribution in [2.24, 2.45) is 5.73 Å². The van der Waals surface area contributed by atoms with Crippen molar-refractivity contribution in [3.8, 4) is 0 Å². The molecule has 0 aliphatic heterocycles. The van der Waals surface area contributed by atoms with Crippen molar-refractivity contribution in [1.29, 1.82) is 0 Å². The van der Waals surface area contributed by atoms with Gasteiger partial charge in [-0.05, 0) is 54.8 Å². The predicted molar refractivity (Wildman–Crippen MR) is 58.5 cm³/mol. The first kappa shape index (κ1) is 10.7. The molecule has 1 heterocycles. The third kappa shape index (κ3) is 4.39. The Morgan fingerprint density at radius 2 is 2.15 bits per heavy atom. The van der Waals surface area contributed by atoms with Crippen LogP contribution in [0.2, 0.25) is 0 Å². The van der Waals surface area contributed by atoms with Gasteiger partial charge in [0, 0.05) is 21.9 Å². The van der Waals surface area contributed by atoms with Gasteiger partial charge in [0.05, 0.1) is 0 Å². The summed E-state index contributed by atoms with van der Waals surface area (Å²) in [6.45, 7) is 4.07. The molecule has 0 radical (unpaired) electrons. The second-order valence-corrected chi connectivity index (χ2v) is 4.87. The summed E-state index contributed by atoms with van der Waals surface area (Å²) in [5.74, 6) is 0. The topological polar surface area (TPSA) is 38.9 Å². The summed E-state index contributed by atoms with van der Waals surface area (Å²) in [6.07, 6.45) is 3.72. The minimum absolute atomic E-state index is 0.102. The maximum absolute atomic E-state index is 5.88. The normalized spacial score (nSPS) is 11.7.